The van der Waals surface area contributed by atoms with E-state index in [1.54, 1.807) is 0 Å². The van der Waals surface area contributed by atoms with Gasteiger partial charge in [0.25, 0.3) is 11.8 Å². The molecule has 38 heavy (non-hydrogen) atoms. The molecular weight excluding hydrogens is 535 g/mol. The van der Waals surface area contributed by atoms with Crippen molar-refractivity contribution in [3.8, 4) is 28.7 Å². The minimum Gasteiger partial charge on any atom is -0.493 e. The molecule has 0 atom stereocenters. The second-order valence-electron chi connectivity index (χ2n) is 6.91. The van der Waals surface area contributed by atoms with E-state index in [1.165, 1.54) is 0 Å². The molecule has 0 saturated heterocycles. The summed E-state index contributed by atoms with van der Waals surface area (Å²) in [4.78, 5) is 28.0. The van der Waals surface area contributed by atoms with Gasteiger partial charge in [-0.05, 0) is 36.4 Å². The first kappa shape index (κ1) is 23.6. The molecule has 0 aliphatic heterocycles. The van der Waals surface area contributed by atoms with Crippen LogP contribution in [0.4, 0.5) is 36.4 Å². The van der Waals surface area contributed by atoms with E-state index in [1.807, 2.05) is 0 Å². The molecule has 1 heterocycles. The Balaban J connectivity index is 2.10. The van der Waals surface area contributed by atoms with Crippen LogP contribution in [0.2, 0.25) is 0 Å². The van der Waals surface area contributed by atoms with Crippen LogP contribution in [0.15, 0.2) is 48.7 Å². The molecule has 0 saturated carbocycles. The summed E-state index contributed by atoms with van der Waals surface area (Å²) in [5.41, 5.74) is 3.30. The standard InChI is InChI=1S/C22H14F7N3O6/c1-35-16-9-11(37-21(24,25)26)2-3-13(16)36-14-4-5-15(38-22(27,28)29)18(23)17(14)20(34)32-10-6-7-31-12(8-10)19(30)33/h2-9H,1H3,(H2,30,33)(H,31,32,34)/i1D3. The van der Waals surface area contributed by atoms with Crippen LogP contribution in [-0.4, -0.2) is 36.6 Å². The molecule has 0 fully saturated rings. The molecule has 2 amide bonds. The van der Waals surface area contributed by atoms with Gasteiger partial charge in [0.05, 0.1) is 11.2 Å². The van der Waals surface area contributed by atoms with E-state index in [2.05, 4.69) is 24.5 Å². The lowest BCUT2D eigenvalue weighted by Gasteiger charge is -2.17. The summed E-state index contributed by atoms with van der Waals surface area (Å²) >= 11 is 0. The van der Waals surface area contributed by atoms with Crippen molar-refractivity contribution in [2.45, 2.75) is 12.7 Å². The zero-order chi connectivity index (χ0) is 30.8. The van der Waals surface area contributed by atoms with Crippen molar-refractivity contribution >= 4 is 17.5 Å². The number of rotatable bonds is 8. The fourth-order valence-corrected chi connectivity index (χ4v) is 2.84. The summed E-state index contributed by atoms with van der Waals surface area (Å²) in [5, 5.41) is 2.09. The number of hydrogen-bond acceptors (Lipinski definition) is 7. The number of anilines is 1. The number of primary amides is 1. The number of benzene rings is 2. The van der Waals surface area contributed by atoms with Gasteiger partial charge >= 0.3 is 12.7 Å². The van der Waals surface area contributed by atoms with Crippen molar-refractivity contribution in [3.05, 3.63) is 65.7 Å². The molecule has 0 spiro atoms. The first-order chi connectivity index (χ1) is 18.8. The fourth-order valence-electron chi connectivity index (χ4n) is 2.84. The van der Waals surface area contributed by atoms with Crippen LogP contribution < -0.4 is 30.0 Å². The number of methoxy groups -OCH3 is 1. The molecule has 3 N–H and O–H groups in total. The van der Waals surface area contributed by atoms with Gasteiger partial charge in [0.1, 0.15) is 22.8 Å². The van der Waals surface area contributed by atoms with E-state index in [-0.39, 0.29) is 11.4 Å². The number of ether oxygens (including phenoxy) is 4. The largest absolute Gasteiger partial charge is 0.573 e. The third-order valence-corrected chi connectivity index (χ3v) is 4.27. The molecule has 0 radical (unpaired) electrons. The summed E-state index contributed by atoms with van der Waals surface area (Å²) < 4.78 is 130. The first-order valence-corrected chi connectivity index (χ1v) is 9.73. The van der Waals surface area contributed by atoms with Crippen molar-refractivity contribution in [3.63, 3.8) is 0 Å². The molecule has 2 aromatic carbocycles. The summed E-state index contributed by atoms with van der Waals surface area (Å²) in [6.07, 6.45) is -9.56. The molecule has 16 heteroatoms. The van der Waals surface area contributed by atoms with Crippen LogP contribution in [0.25, 0.3) is 0 Å². The first-order valence-electron chi connectivity index (χ1n) is 11.2. The van der Waals surface area contributed by atoms with Crippen molar-refractivity contribution in [1.82, 2.24) is 4.98 Å². The third-order valence-electron chi connectivity index (χ3n) is 4.27. The highest BCUT2D eigenvalue weighted by Crippen LogP contribution is 2.40. The van der Waals surface area contributed by atoms with Crippen molar-refractivity contribution < 1.29 is 63.4 Å². The van der Waals surface area contributed by atoms with E-state index in [4.69, 9.17) is 14.6 Å². The topological polar surface area (TPSA) is 122 Å². The van der Waals surface area contributed by atoms with E-state index in [0.29, 0.717) is 30.3 Å². The molecule has 3 aromatic rings. The Morgan fingerprint density at radius 3 is 2.21 bits per heavy atom. The minimum atomic E-state index is -5.40. The quantitative estimate of drug-likeness (QED) is 0.370. The Labute approximate surface area is 212 Å². The maximum atomic E-state index is 15.2. The number of aromatic nitrogens is 1. The van der Waals surface area contributed by atoms with Gasteiger partial charge in [0, 0.05) is 18.0 Å². The number of amides is 2. The number of alkyl halides is 6. The van der Waals surface area contributed by atoms with Gasteiger partial charge in [0.2, 0.25) is 0 Å². The molecule has 0 aliphatic carbocycles. The van der Waals surface area contributed by atoms with Crippen LogP contribution in [0.3, 0.4) is 0 Å². The lowest BCUT2D eigenvalue weighted by Crippen LogP contribution is -2.21. The van der Waals surface area contributed by atoms with E-state index >= 15 is 4.39 Å². The Hall–Kier alpha value is -4.76. The third kappa shape index (κ3) is 7.14. The SMILES string of the molecule is [2H]C([2H])([2H])Oc1cc(OC(F)(F)F)ccc1Oc1ccc(OC(F)(F)F)c(F)c1C(=O)Nc1ccnc(C(N)=O)c1. The molecule has 0 unspecified atom stereocenters. The fraction of sp³-hybridized carbons (Fsp3) is 0.136. The molecule has 1 aromatic heterocycles. The number of hydrogen-bond donors (Lipinski definition) is 2. The molecule has 0 bridgehead atoms. The smallest absolute Gasteiger partial charge is 0.493 e. The average Bonchev–Trinajstić information content (AvgIpc) is 2.80. The number of carbonyl (C=O) groups excluding carboxylic acids is 2. The van der Waals surface area contributed by atoms with Gasteiger partial charge in [-0.25, -0.2) is 4.39 Å². The number of nitrogens with one attached hydrogen (secondary N) is 1. The van der Waals surface area contributed by atoms with Gasteiger partial charge < -0.3 is 30.0 Å². The van der Waals surface area contributed by atoms with Crippen LogP contribution in [-0.2, 0) is 0 Å². The predicted octanol–water partition coefficient (Wildman–Crippen LogP) is 5.17. The average molecular weight is 552 g/mol. The number of halogens is 7. The number of carbonyl (C=O) groups is 2. The molecule has 9 nitrogen and oxygen atoms in total. The summed E-state index contributed by atoms with van der Waals surface area (Å²) in [6.45, 7) is 0. The Bertz CT molecular complexity index is 1470. The van der Waals surface area contributed by atoms with E-state index in [0.717, 1.165) is 18.3 Å². The van der Waals surface area contributed by atoms with Crippen molar-refractivity contribution in [2.24, 2.45) is 5.73 Å². The van der Waals surface area contributed by atoms with Crippen LogP contribution in [0.1, 0.15) is 25.0 Å². The van der Waals surface area contributed by atoms with Crippen LogP contribution in [0.5, 0.6) is 28.7 Å². The summed E-state index contributed by atoms with van der Waals surface area (Å²) in [5.74, 6) is -9.31. The highest BCUT2D eigenvalue weighted by molar-refractivity contribution is 6.07. The highest BCUT2D eigenvalue weighted by Gasteiger charge is 2.35. The summed E-state index contributed by atoms with van der Waals surface area (Å²) in [7, 11) is -3.26. The number of nitrogens with zero attached hydrogens (tertiary/aromatic N) is 1. The van der Waals surface area contributed by atoms with Crippen LogP contribution in [0, 0.1) is 5.82 Å². The predicted molar refractivity (Wildman–Crippen MR) is 114 cm³/mol. The lowest BCUT2D eigenvalue weighted by atomic mass is 10.1. The molecule has 0 aliphatic rings. The normalized spacial score (nSPS) is 13.0. The number of nitrogens with two attached hydrogens (primary N) is 1. The number of pyridine rings is 1. The monoisotopic (exact) mass is 552 g/mol. The van der Waals surface area contributed by atoms with Crippen molar-refractivity contribution in [2.75, 3.05) is 12.4 Å². The Morgan fingerprint density at radius 1 is 0.921 bits per heavy atom. The molecule has 202 valence electrons. The van der Waals surface area contributed by atoms with E-state index < -0.39 is 71.7 Å². The zero-order valence-electron chi connectivity index (χ0n) is 21.2. The van der Waals surface area contributed by atoms with Gasteiger partial charge in [-0.3, -0.25) is 14.6 Å². The second kappa shape index (κ2) is 10.7. The second-order valence-corrected chi connectivity index (χ2v) is 6.91. The van der Waals surface area contributed by atoms with Gasteiger partial charge in [-0.1, -0.05) is 0 Å². The Morgan fingerprint density at radius 2 is 1.58 bits per heavy atom. The van der Waals surface area contributed by atoms with Gasteiger partial charge in [0.15, 0.2) is 23.1 Å². The minimum absolute atomic E-state index is 0.216. The molecule has 3 rings (SSSR count). The summed E-state index contributed by atoms with van der Waals surface area (Å²) in [6, 6.07) is 4.90. The Kier molecular flexibility index (Phi) is 6.65. The zero-order valence-corrected chi connectivity index (χ0v) is 18.2. The van der Waals surface area contributed by atoms with Gasteiger partial charge in [-0.15, -0.1) is 26.3 Å². The van der Waals surface area contributed by atoms with E-state index in [9.17, 15) is 35.9 Å². The van der Waals surface area contributed by atoms with Gasteiger partial charge in [-0.2, -0.15) is 0 Å². The maximum absolute atomic E-state index is 15.2. The maximum Gasteiger partial charge on any atom is 0.573 e. The lowest BCUT2D eigenvalue weighted by molar-refractivity contribution is -0.276. The van der Waals surface area contributed by atoms with Crippen LogP contribution >= 0.6 is 0 Å². The highest BCUT2D eigenvalue weighted by atomic mass is 19.4. The molecular formula is C22H14F7N3O6. The van der Waals surface area contributed by atoms with Crippen molar-refractivity contribution in [1.29, 1.82) is 0 Å².